The molecule has 0 aromatic heterocycles. The highest BCUT2D eigenvalue weighted by atomic mass is 16.8. The normalized spacial score (nSPS) is 35.6. The number of hydrogen-bond donors (Lipinski definition) is 0. The SMILES string of the molecule is C=CC(=O)N(C)COCC1OC(OC2C(COC)OCC(OC)C2OC)C(OC)C(OC)C1OC.C=CC(=O)N(C)COCC1OC(OC2C(COC)OCC(OC)C2OC)C(OC)C(OC)C1OC.C=CC(=O)N(C)COCC1OC(OC2C(COC)OCC(OC)C2OC)C(OC)C(OC)C1OC. The Kier molecular flexibility index (Phi) is 45.0. The lowest BCUT2D eigenvalue weighted by Gasteiger charge is -2.48. The molecule has 6 rings (SSSR count). The average Bonchev–Trinajstić information content (AvgIpc) is 0.791. The maximum Gasteiger partial charge on any atom is 0.247 e. The van der Waals surface area contributed by atoms with Crippen molar-refractivity contribution in [1.82, 2.24) is 14.7 Å². The van der Waals surface area contributed by atoms with Gasteiger partial charge in [-0.25, -0.2) is 0 Å². The molecular weight excluding hydrogens is 1400 g/mol. The van der Waals surface area contributed by atoms with E-state index in [2.05, 4.69) is 19.7 Å². The van der Waals surface area contributed by atoms with Gasteiger partial charge < -0.3 is 157 Å². The first-order valence-electron chi connectivity index (χ1n) is 34.2. The fourth-order valence-electron chi connectivity index (χ4n) is 13.2. The van der Waals surface area contributed by atoms with E-state index < -0.39 is 147 Å². The van der Waals surface area contributed by atoms with Crippen LogP contribution in [0.1, 0.15) is 0 Å². The highest BCUT2D eigenvalue weighted by molar-refractivity contribution is 5.87. The van der Waals surface area contributed by atoms with Crippen molar-refractivity contribution in [3.05, 3.63) is 38.0 Å². The molecule has 6 aliphatic heterocycles. The molecule has 0 saturated carbocycles. The smallest absolute Gasteiger partial charge is 0.247 e. The van der Waals surface area contributed by atoms with Gasteiger partial charge in [-0.05, 0) is 18.2 Å². The van der Waals surface area contributed by atoms with Crippen LogP contribution >= 0.6 is 0 Å². The fourth-order valence-corrected chi connectivity index (χ4v) is 13.2. The van der Waals surface area contributed by atoms with Crippen LogP contribution in [0.25, 0.3) is 0 Å². The molecule has 36 nitrogen and oxygen atoms in total. The summed E-state index contributed by atoms with van der Waals surface area (Å²) in [4.78, 5) is 39.4. The van der Waals surface area contributed by atoms with Gasteiger partial charge in [-0.1, -0.05) is 19.7 Å². The first kappa shape index (κ1) is 93.8. The molecule has 0 aromatic rings. The predicted octanol–water partition coefficient (Wildman–Crippen LogP) is -0.494. The van der Waals surface area contributed by atoms with Crippen molar-refractivity contribution in [3.63, 3.8) is 0 Å². The third-order valence-corrected chi connectivity index (χ3v) is 18.8. The van der Waals surface area contributed by atoms with Crippen molar-refractivity contribution in [2.45, 2.75) is 165 Å². The molecule has 105 heavy (non-hydrogen) atoms. The summed E-state index contributed by atoms with van der Waals surface area (Å²) in [5, 5.41) is 0. The lowest BCUT2D eigenvalue weighted by molar-refractivity contribution is -0.347. The van der Waals surface area contributed by atoms with Crippen LogP contribution in [-0.4, -0.2) is 427 Å². The third-order valence-electron chi connectivity index (χ3n) is 18.8. The van der Waals surface area contributed by atoms with Gasteiger partial charge in [0.15, 0.2) is 18.9 Å². The minimum Gasteiger partial charge on any atom is -0.382 e. The third kappa shape index (κ3) is 25.7. The van der Waals surface area contributed by atoms with E-state index in [0.29, 0.717) is 19.8 Å². The second-order valence-corrected chi connectivity index (χ2v) is 24.9. The van der Waals surface area contributed by atoms with E-state index in [1.807, 2.05) is 0 Å². The maximum atomic E-state index is 11.7. The Hall–Kier alpha value is -3.57. The Labute approximate surface area is 619 Å². The highest BCUT2D eigenvalue weighted by Gasteiger charge is 2.55. The van der Waals surface area contributed by atoms with Crippen LogP contribution in [0.3, 0.4) is 0 Å². The molecule has 0 aliphatic carbocycles. The summed E-state index contributed by atoms with van der Waals surface area (Å²) in [6, 6.07) is 0. The molecule has 3 amide bonds. The van der Waals surface area contributed by atoms with Crippen LogP contribution < -0.4 is 0 Å². The molecule has 6 heterocycles. The zero-order valence-corrected chi connectivity index (χ0v) is 65.2. The molecule has 0 bridgehead atoms. The Morgan fingerprint density at radius 2 is 0.514 bits per heavy atom. The number of hydrogen-bond acceptors (Lipinski definition) is 33. The first-order chi connectivity index (χ1) is 50.7. The molecule has 0 aromatic carbocycles. The van der Waals surface area contributed by atoms with Crippen molar-refractivity contribution >= 4 is 17.7 Å². The lowest BCUT2D eigenvalue weighted by atomic mass is 9.97. The Balaban J connectivity index is 0.000000333. The molecule has 612 valence electrons. The minimum absolute atomic E-state index is 0.0473. The monoisotopic (exact) mass is 1520 g/mol. The van der Waals surface area contributed by atoms with Gasteiger partial charge in [0.2, 0.25) is 17.7 Å². The summed E-state index contributed by atoms with van der Waals surface area (Å²) in [5.41, 5.74) is 0. The maximum absolute atomic E-state index is 11.7. The zero-order chi connectivity index (χ0) is 77.9. The molecule has 0 radical (unpaired) electrons. The second kappa shape index (κ2) is 50.3. The van der Waals surface area contributed by atoms with Gasteiger partial charge in [0, 0.05) is 149 Å². The number of rotatable bonds is 42. The molecule has 0 spiro atoms. The summed E-state index contributed by atoms with van der Waals surface area (Å²) in [7, 11) is 33.2. The number of carbonyl (C=O) groups excluding carboxylic acids is 3. The van der Waals surface area contributed by atoms with Crippen LogP contribution in [0.4, 0.5) is 0 Å². The molecule has 6 saturated heterocycles. The number of methoxy groups -OCH3 is 18. The van der Waals surface area contributed by atoms with Gasteiger partial charge in [-0.15, -0.1) is 0 Å². The fraction of sp³-hybridized carbons (Fsp3) is 0.870. The van der Waals surface area contributed by atoms with Gasteiger partial charge in [0.05, 0.1) is 59.5 Å². The van der Waals surface area contributed by atoms with E-state index in [4.69, 9.17) is 142 Å². The number of likely N-dealkylation sites (N-methyl/N-ethyl adjacent to an activating group) is 3. The largest absolute Gasteiger partial charge is 0.382 e. The summed E-state index contributed by atoms with van der Waals surface area (Å²) in [6.45, 7) is 12.8. The molecule has 6 fully saturated rings. The predicted molar refractivity (Wildman–Crippen MR) is 369 cm³/mol. The average molecular weight is 1520 g/mol. The number of amides is 3. The van der Waals surface area contributed by atoms with Crippen LogP contribution in [-0.2, 0) is 156 Å². The van der Waals surface area contributed by atoms with Gasteiger partial charge in [0.25, 0.3) is 0 Å². The van der Waals surface area contributed by atoms with Crippen LogP contribution in [0.15, 0.2) is 38.0 Å². The number of ether oxygens (including phenoxy) is 30. The molecular formula is C69H123N3O33. The van der Waals surface area contributed by atoms with Crippen molar-refractivity contribution in [3.8, 4) is 0 Å². The van der Waals surface area contributed by atoms with Gasteiger partial charge in [-0.2, -0.15) is 0 Å². The highest BCUT2D eigenvalue weighted by Crippen LogP contribution is 2.37. The van der Waals surface area contributed by atoms with E-state index >= 15 is 0 Å². The van der Waals surface area contributed by atoms with Crippen molar-refractivity contribution in [2.24, 2.45) is 0 Å². The van der Waals surface area contributed by atoms with Crippen molar-refractivity contribution in [2.75, 3.05) is 229 Å². The van der Waals surface area contributed by atoms with Gasteiger partial charge in [0.1, 0.15) is 167 Å². The number of carbonyl (C=O) groups is 3. The first-order valence-corrected chi connectivity index (χ1v) is 34.2. The van der Waals surface area contributed by atoms with E-state index in [1.54, 1.807) is 149 Å². The molecule has 6 aliphatic rings. The van der Waals surface area contributed by atoms with Crippen LogP contribution in [0, 0.1) is 0 Å². The minimum atomic E-state index is -0.876. The van der Waals surface area contributed by atoms with E-state index in [9.17, 15) is 14.4 Å². The summed E-state index contributed by atoms with van der Waals surface area (Å²) in [6.07, 6.45) is -11.2. The standard InChI is InChI=1S/3C23H41NO11/c3*1-9-17(25)24(2)13-32-11-16-19(29-6)21(30-7)22(31-8)23(34-16)35-20-15(10-26-3)33-12-14(27-4)18(20)28-5/h3*9,14-16,18-23H,1,10-13H2,2-8H3. The zero-order valence-electron chi connectivity index (χ0n) is 65.2. The molecule has 27 atom stereocenters. The van der Waals surface area contributed by atoms with Crippen LogP contribution in [0.2, 0.25) is 0 Å². The number of nitrogens with zero attached hydrogens (tertiary/aromatic N) is 3. The summed E-state index contributed by atoms with van der Waals surface area (Å²) < 4.78 is 175. The van der Waals surface area contributed by atoms with E-state index in [1.165, 1.54) is 32.9 Å². The molecule has 0 N–H and O–H groups in total. The Morgan fingerprint density at radius 1 is 0.295 bits per heavy atom. The topological polar surface area (TPSA) is 338 Å². The van der Waals surface area contributed by atoms with E-state index in [0.717, 1.165) is 0 Å². The van der Waals surface area contributed by atoms with Gasteiger partial charge >= 0.3 is 0 Å². The molecule has 27 unspecified atom stereocenters. The van der Waals surface area contributed by atoms with Crippen LogP contribution in [0.5, 0.6) is 0 Å². The quantitative estimate of drug-likeness (QED) is 0.0549. The van der Waals surface area contributed by atoms with Gasteiger partial charge in [-0.3, -0.25) is 14.4 Å². The second-order valence-electron chi connectivity index (χ2n) is 24.9. The Morgan fingerprint density at radius 3 is 0.695 bits per heavy atom. The Bertz CT molecular complexity index is 2170. The molecule has 36 heteroatoms. The van der Waals surface area contributed by atoms with E-state index in [-0.39, 0.29) is 95.9 Å². The summed E-state index contributed by atoms with van der Waals surface area (Å²) >= 11 is 0. The summed E-state index contributed by atoms with van der Waals surface area (Å²) in [5.74, 6) is -0.769. The van der Waals surface area contributed by atoms with Crippen molar-refractivity contribution in [1.29, 1.82) is 0 Å². The van der Waals surface area contributed by atoms with Crippen molar-refractivity contribution < 1.29 is 156 Å². The lowest BCUT2D eigenvalue weighted by Crippen LogP contribution is -2.64.